The van der Waals surface area contributed by atoms with Crippen LogP contribution in [-0.4, -0.2) is 50.9 Å². The van der Waals surface area contributed by atoms with Gasteiger partial charge in [-0.3, -0.25) is 14.2 Å². The summed E-state index contributed by atoms with van der Waals surface area (Å²) >= 11 is 0. The second kappa shape index (κ2) is 7.53. The van der Waals surface area contributed by atoms with E-state index in [0.717, 1.165) is 34.4 Å². The summed E-state index contributed by atoms with van der Waals surface area (Å²) in [5, 5.41) is 3.48. The third kappa shape index (κ3) is 3.42. The van der Waals surface area contributed by atoms with E-state index in [-0.39, 0.29) is 5.56 Å². The Hall–Kier alpha value is -3.03. The average Bonchev–Trinajstić information content (AvgIpc) is 3.15. The number of nitrogens with zero attached hydrogens (tertiary/aromatic N) is 4. The fourth-order valence-electron chi connectivity index (χ4n) is 3.22. The first-order valence-electron chi connectivity index (χ1n) is 9.35. The average molecular weight is 376 g/mol. The van der Waals surface area contributed by atoms with Gasteiger partial charge in [0.15, 0.2) is 0 Å². The quantitative estimate of drug-likeness (QED) is 0.540. The lowest BCUT2D eigenvalue weighted by molar-refractivity contribution is 0.303. The van der Waals surface area contributed by atoms with Crippen LogP contribution in [0.2, 0.25) is 0 Å². The molecular weight excluding hydrogens is 352 g/mol. The van der Waals surface area contributed by atoms with E-state index in [4.69, 9.17) is 0 Å². The molecule has 0 saturated heterocycles. The number of benzene rings is 1. The number of nitrogens with one attached hydrogen (secondary N) is 2. The lowest BCUT2D eigenvalue weighted by Gasteiger charge is -2.20. The van der Waals surface area contributed by atoms with Gasteiger partial charge in [-0.2, -0.15) is 0 Å². The van der Waals surface area contributed by atoms with Crippen LogP contribution in [0.25, 0.3) is 27.9 Å². The maximum Gasteiger partial charge on any atom is 0.292 e. The Morgan fingerprint density at radius 1 is 1.25 bits per heavy atom. The van der Waals surface area contributed by atoms with Gasteiger partial charge in [-0.25, -0.2) is 4.98 Å². The first-order chi connectivity index (χ1) is 13.5. The van der Waals surface area contributed by atoms with Crippen molar-refractivity contribution in [1.29, 1.82) is 0 Å². The molecular formula is C21H24N6O. The van der Waals surface area contributed by atoms with Crippen LogP contribution >= 0.6 is 0 Å². The van der Waals surface area contributed by atoms with Crippen LogP contribution in [0.1, 0.15) is 12.5 Å². The molecule has 1 atom stereocenters. The Morgan fingerprint density at radius 3 is 2.86 bits per heavy atom. The first-order valence-corrected chi connectivity index (χ1v) is 9.35. The number of aromatic amines is 1. The minimum Gasteiger partial charge on any atom is -0.317 e. The standard InChI is InChI=1S/C21H24N6O/c1-14(26(2)3)10-23-12-16-6-4-8-18-19(16)25-21(28)20-24-17(13-27(18)20)15-7-5-9-22-11-15/h4-9,11,13-14,23H,10,12H2,1-3H3,(H,25,28). The number of hydrogen-bond acceptors (Lipinski definition) is 5. The van der Waals surface area contributed by atoms with Gasteiger partial charge in [0.2, 0.25) is 5.65 Å². The molecule has 7 heteroatoms. The molecule has 0 fully saturated rings. The van der Waals surface area contributed by atoms with Crippen molar-refractivity contribution in [2.75, 3.05) is 20.6 Å². The highest BCUT2D eigenvalue weighted by atomic mass is 16.1. The van der Waals surface area contributed by atoms with E-state index in [1.165, 1.54) is 0 Å². The molecule has 0 aliphatic carbocycles. The van der Waals surface area contributed by atoms with Crippen LogP contribution in [0.3, 0.4) is 0 Å². The van der Waals surface area contributed by atoms with Gasteiger partial charge in [-0.05, 0) is 44.8 Å². The van der Waals surface area contributed by atoms with Crippen LogP contribution in [-0.2, 0) is 6.54 Å². The third-order valence-electron chi connectivity index (χ3n) is 5.13. The molecule has 0 radical (unpaired) electrons. The van der Waals surface area contributed by atoms with Gasteiger partial charge >= 0.3 is 0 Å². The Morgan fingerprint density at radius 2 is 2.11 bits per heavy atom. The molecule has 4 aromatic rings. The summed E-state index contributed by atoms with van der Waals surface area (Å²) in [6.45, 7) is 3.72. The smallest absolute Gasteiger partial charge is 0.292 e. The van der Waals surface area contributed by atoms with Crippen molar-refractivity contribution < 1.29 is 0 Å². The van der Waals surface area contributed by atoms with Crippen molar-refractivity contribution in [3.05, 3.63) is 64.8 Å². The molecule has 0 aliphatic rings. The largest absolute Gasteiger partial charge is 0.317 e. The zero-order chi connectivity index (χ0) is 19.7. The number of imidazole rings is 1. The van der Waals surface area contributed by atoms with Gasteiger partial charge in [0.25, 0.3) is 5.56 Å². The van der Waals surface area contributed by atoms with Crippen LogP contribution in [0, 0.1) is 0 Å². The molecule has 3 aromatic heterocycles. The monoisotopic (exact) mass is 376 g/mol. The molecule has 7 nitrogen and oxygen atoms in total. The van der Waals surface area contributed by atoms with Crippen LogP contribution < -0.4 is 10.9 Å². The number of H-pyrrole nitrogens is 1. The number of aromatic nitrogens is 4. The van der Waals surface area contributed by atoms with Crippen LogP contribution in [0.15, 0.2) is 53.7 Å². The summed E-state index contributed by atoms with van der Waals surface area (Å²) in [5.74, 6) is 0. The van der Waals surface area contributed by atoms with Crippen molar-refractivity contribution in [2.45, 2.75) is 19.5 Å². The summed E-state index contributed by atoms with van der Waals surface area (Å²) in [7, 11) is 4.13. The zero-order valence-corrected chi connectivity index (χ0v) is 16.3. The minimum absolute atomic E-state index is 0.197. The Labute approximate surface area is 163 Å². The van der Waals surface area contributed by atoms with E-state index >= 15 is 0 Å². The number of rotatable bonds is 6. The molecule has 0 spiro atoms. The topological polar surface area (TPSA) is 78.3 Å². The number of fused-ring (bicyclic) bond motifs is 3. The van der Waals surface area contributed by atoms with Crippen molar-refractivity contribution >= 4 is 16.7 Å². The van der Waals surface area contributed by atoms with Crippen molar-refractivity contribution in [2.24, 2.45) is 0 Å². The van der Waals surface area contributed by atoms with Gasteiger partial charge in [-0.15, -0.1) is 0 Å². The number of hydrogen-bond donors (Lipinski definition) is 2. The molecule has 28 heavy (non-hydrogen) atoms. The van der Waals surface area contributed by atoms with Crippen LogP contribution in [0.4, 0.5) is 0 Å². The highest BCUT2D eigenvalue weighted by molar-refractivity contribution is 5.81. The fraction of sp³-hybridized carbons (Fsp3) is 0.286. The normalized spacial score (nSPS) is 12.9. The molecule has 2 N–H and O–H groups in total. The first kappa shape index (κ1) is 18.3. The second-order valence-electron chi connectivity index (χ2n) is 7.27. The van der Waals surface area contributed by atoms with Crippen molar-refractivity contribution in [3.63, 3.8) is 0 Å². The maximum atomic E-state index is 12.7. The Kier molecular flexibility index (Phi) is 4.93. The Balaban J connectivity index is 1.74. The van der Waals surface area contributed by atoms with Crippen LogP contribution in [0.5, 0.6) is 0 Å². The molecule has 4 rings (SSSR count). The van der Waals surface area contributed by atoms with Gasteiger partial charge in [0.1, 0.15) is 0 Å². The van der Waals surface area contributed by atoms with Gasteiger partial charge < -0.3 is 15.2 Å². The predicted molar refractivity (Wildman–Crippen MR) is 111 cm³/mol. The summed E-state index contributed by atoms with van der Waals surface area (Å²) in [6, 6.07) is 10.3. The van der Waals surface area contributed by atoms with Gasteiger partial charge in [0, 0.05) is 43.3 Å². The molecule has 0 bridgehead atoms. The number of likely N-dealkylation sites (N-methyl/N-ethyl adjacent to an activating group) is 1. The third-order valence-corrected chi connectivity index (χ3v) is 5.13. The van der Waals surface area contributed by atoms with E-state index in [2.05, 4.69) is 46.2 Å². The highest BCUT2D eigenvalue weighted by Gasteiger charge is 2.13. The van der Waals surface area contributed by atoms with Gasteiger partial charge in [-0.1, -0.05) is 12.1 Å². The van der Waals surface area contributed by atoms with Crippen molar-refractivity contribution in [1.82, 2.24) is 29.6 Å². The van der Waals surface area contributed by atoms with E-state index in [9.17, 15) is 4.79 Å². The number of para-hydroxylation sites is 1. The molecule has 1 unspecified atom stereocenters. The molecule has 1 aromatic carbocycles. The van der Waals surface area contributed by atoms with Gasteiger partial charge in [0.05, 0.1) is 16.7 Å². The summed E-state index contributed by atoms with van der Waals surface area (Å²) < 4.78 is 1.86. The van der Waals surface area contributed by atoms with Crippen molar-refractivity contribution in [3.8, 4) is 11.3 Å². The lowest BCUT2D eigenvalue weighted by atomic mass is 10.1. The number of pyridine rings is 1. The fourth-order valence-corrected chi connectivity index (χ4v) is 3.22. The van der Waals surface area contributed by atoms with E-state index in [1.54, 1.807) is 12.4 Å². The Bertz CT molecular complexity index is 1160. The minimum atomic E-state index is -0.197. The predicted octanol–water partition coefficient (Wildman–Crippen LogP) is 2.28. The summed E-state index contributed by atoms with van der Waals surface area (Å²) in [6.07, 6.45) is 5.37. The summed E-state index contributed by atoms with van der Waals surface area (Å²) in [5.41, 5.74) is 4.62. The van der Waals surface area contributed by atoms with E-state index in [1.807, 2.05) is 40.9 Å². The molecule has 0 aliphatic heterocycles. The molecule has 3 heterocycles. The lowest BCUT2D eigenvalue weighted by Crippen LogP contribution is -2.35. The zero-order valence-electron chi connectivity index (χ0n) is 16.3. The molecule has 0 amide bonds. The van der Waals surface area contributed by atoms with E-state index in [0.29, 0.717) is 18.2 Å². The highest BCUT2D eigenvalue weighted by Crippen LogP contribution is 2.21. The maximum absolute atomic E-state index is 12.7. The molecule has 144 valence electrons. The molecule has 0 saturated carbocycles. The summed E-state index contributed by atoms with van der Waals surface area (Å²) in [4.78, 5) is 26.5. The van der Waals surface area contributed by atoms with E-state index < -0.39 is 0 Å². The second-order valence-corrected chi connectivity index (χ2v) is 7.27. The SMILES string of the molecule is CC(CNCc1cccc2c1[nH]c(=O)c1nc(-c3cccnc3)cn12)N(C)C.